The molecule has 0 atom stereocenters. The molecule has 2 aromatic carbocycles. The molecular formula is C28H26Cl2N4O. The van der Waals surface area contributed by atoms with Crippen LogP contribution in [0.2, 0.25) is 10.2 Å². The van der Waals surface area contributed by atoms with E-state index in [4.69, 9.17) is 23.2 Å². The van der Waals surface area contributed by atoms with Gasteiger partial charge in [-0.25, -0.2) is 9.78 Å². The first kappa shape index (κ1) is 23.6. The number of aromatic nitrogens is 2. The summed E-state index contributed by atoms with van der Waals surface area (Å²) in [5.74, 6) is 0. The number of amides is 1. The standard InChI is InChI=1S/C28H26Cl2N4O/c1-19-4-9-23-24-18-33(13-2-3-20-5-7-22(29)8-6-20)14-11-25(24)34(26(23)15-19)28(35)32-17-21-10-12-31-27(30)16-21/h2-10,12,15-16H,11,13-14,17-18H2,1H3,(H,32,35)/b3-2+. The maximum Gasteiger partial charge on any atom is 0.326 e. The summed E-state index contributed by atoms with van der Waals surface area (Å²) in [4.78, 5) is 19.8. The fourth-order valence-electron chi connectivity index (χ4n) is 4.63. The zero-order valence-electron chi connectivity index (χ0n) is 19.5. The zero-order chi connectivity index (χ0) is 24.4. The molecule has 0 unspecified atom stereocenters. The fraction of sp³-hybridized carbons (Fsp3) is 0.214. The number of hydrogen-bond acceptors (Lipinski definition) is 3. The van der Waals surface area contributed by atoms with Gasteiger partial charge in [0.25, 0.3) is 0 Å². The summed E-state index contributed by atoms with van der Waals surface area (Å²) < 4.78 is 1.86. The van der Waals surface area contributed by atoms with E-state index in [1.165, 1.54) is 5.56 Å². The number of rotatable bonds is 5. The summed E-state index contributed by atoms with van der Waals surface area (Å²) in [6, 6.07) is 17.7. The fourth-order valence-corrected chi connectivity index (χ4v) is 4.95. The van der Waals surface area contributed by atoms with Gasteiger partial charge in [0.05, 0.1) is 5.52 Å². The minimum absolute atomic E-state index is 0.120. The molecule has 1 N–H and O–H groups in total. The second-order valence-electron chi connectivity index (χ2n) is 8.87. The molecule has 0 bridgehead atoms. The van der Waals surface area contributed by atoms with Crippen LogP contribution in [-0.2, 0) is 19.5 Å². The zero-order valence-corrected chi connectivity index (χ0v) is 21.0. The third-order valence-electron chi connectivity index (χ3n) is 6.37. The number of benzene rings is 2. The molecule has 178 valence electrons. The highest BCUT2D eigenvalue weighted by Crippen LogP contribution is 2.31. The Bertz CT molecular complexity index is 1410. The molecule has 0 radical (unpaired) electrons. The third-order valence-corrected chi connectivity index (χ3v) is 6.82. The molecule has 0 fully saturated rings. The van der Waals surface area contributed by atoms with Crippen molar-refractivity contribution in [3.63, 3.8) is 0 Å². The van der Waals surface area contributed by atoms with Gasteiger partial charge in [-0.3, -0.25) is 9.47 Å². The number of nitrogens with one attached hydrogen (secondary N) is 1. The van der Waals surface area contributed by atoms with E-state index < -0.39 is 0 Å². The molecule has 1 amide bonds. The molecule has 0 aliphatic carbocycles. The number of nitrogens with zero attached hydrogens (tertiary/aromatic N) is 3. The van der Waals surface area contributed by atoms with E-state index in [0.29, 0.717) is 11.7 Å². The predicted molar refractivity (Wildman–Crippen MR) is 143 cm³/mol. The summed E-state index contributed by atoms with van der Waals surface area (Å²) in [6.07, 6.45) is 6.77. The maximum absolute atomic E-state index is 13.4. The number of pyridine rings is 1. The molecule has 5 nitrogen and oxygen atoms in total. The Labute approximate surface area is 215 Å². The molecule has 35 heavy (non-hydrogen) atoms. The van der Waals surface area contributed by atoms with Gasteiger partial charge in [-0.2, -0.15) is 0 Å². The molecular weight excluding hydrogens is 479 g/mol. The van der Waals surface area contributed by atoms with Crippen molar-refractivity contribution in [3.05, 3.63) is 105 Å². The Morgan fingerprint density at radius 2 is 1.94 bits per heavy atom. The summed E-state index contributed by atoms with van der Waals surface area (Å²) in [7, 11) is 0. The molecule has 5 rings (SSSR count). The highest BCUT2D eigenvalue weighted by atomic mass is 35.5. The largest absolute Gasteiger partial charge is 0.333 e. The van der Waals surface area contributed by atoms with Crippen molar-refractivity contribution < 1.29 is 4.79 Å². The topological polar surface area (TPSA) is 50.2 Å². The van der Waals surface area contributed by atoms with Crippen molar-refractivity contribution in [2.45, 2.75) is 26.4 Å². The minimum Gasteiger partial charge on any atom is -0.333 e. The van der Waals surface area contributed by atoms with Crippen LogP contribution in [0.4, 0.5) is 4.79 Å². The van der Waals surface area contributed by atoms with Gasteiger partial charge in [-0.1, -0.05) is 59.6 Å². The highest BCUT2D eigenvalue weighted by molar-refractivity contribution is 6.30. The van der Waals surface area contributed by atoms with Crippen molar-refractivity contribution in [3.8, 4) is 0 Å². The van der Waals surface area contributed by atoms with Gasteiger partial charge < -0.3 is 5.32 Å². The number of carbonyl (C=O) groups is 1. The van der Waals surface area contributed by atoms with E-state index in [9.17, 15) is 4.79 Å². The minimum atomic E-state index is -0.120. The van der Waals surface area contributed by atoms with Crippen LogP contribution in [0.25, 0.3) is 17.0 Å². The van der Waals surface area contributed by atoms with E-state index in [1.807, 2.05) is 34.9 Å². The molecule has 2 aromatic heterocycles. The van der Waals surface area contributed by atoms with Crippen LogP contribution in [0, 0.1) is 6.92 Å². The van der Waals surface area contributed by atoms with Crippen LogP contribution in [0.5, 0.6) is 0 Å². The lowest BCUT2D eigenvalue weighted by Crippen LogP contribution is -2.34. The molecule has 0 spiro atoms. The van der Waals surface area contributed by atoms with E-state index in [0.717, 1.165) is 64.4 Å². The molecule has 1 aliphatic rings. The summed E-state index contributed by atoms with van der Waals surface area (Å²) in [6.45, 7) is 4.99. The van der Waals surface area contributed by atoms with Gasteiger partial charge in [0.1, 0.15) is 5.15 Å². The van der Waals surface area contributed by atoms with Crippen molar-refractivity contribution in [1.82, 2.24) is 19.8 Å². The van der Waals surface area contributed by atoms with E-state index >= 15 is 0 Å². The SMILES string of the molecule is Cc1ccc2c3c(n(C(=O)NCc4ccnc(Cl)c4)c2c1)CCN(C/C=C/c1ccc(Cl)cc1)C3. The highest BCUT2D eigenvalue weighted by Gasteiger charge is 2.26. The smallest absolute Gasteiger partial charge is 0.326 e. The Hall–Kier alpha value is -3.12. The van der Waals surface area contributed by atoms with Crippen LogP contribution in [-0.4, -0.2) is 33.6 Å². The Kier molecular flexibility index (Phi) is 6.91. The van der Waals surface area contributed by atoms with E-state index in [1.54, 1.807) is 12.3 Å². The predicted octanol–water partition coefficient (Wildman–Crippen LogP) is 6.48. The van der Waals surface area contributed by atoms with Crippen LogP contribution in [0.1, 0.15) is 27.9 Å². The molecule has 7 heteroatoms. The summed E-state index contributed by atoms with van der Waals surface area (Å²) >= 11 is 12.0. The summed E-state index contributed by atoms with van der Waals surface area (Å²) in [5.41, 5.74) is 6.45. The monoisotopic (exact) mass is 504 g/mol. The second kappa shape index (κ2) is 10.2. The Balaban J connectivity index is 1.37. The van der Waals surface area contributed by atoms with Gasteiger partial charge in [0.15, 0.2) is 0 Å². The third kappa shape index (κ3) is 5.27. The van der Waals surface area contributed by atoms with Gasteiger partial charge in [-0.05, 0) is 59.5 Å². The van der Waals surface area contributed by atoms with E-state index in [2.05, 4.69) is 52.5 Å². The van der Waals surface area contributed by atoms with Crippen LogP contribution < -0.4 is 5.32 Å². The van der Waals surface area contributed by atoms with Gasteiger partial charge in [0.2, 0.25) is 0 Å². The van der Waals surface area contributed by atoms with E-state index in [-0.39, 0.29) is 6.03 Å². The Morgan fingerprint density at radius 1 is 1.11 bits per heavy atom. The number of carbonyl (C=O) groups excluding carboxylic acids is 1. The molecule has 1 aliphatic heterocycles. The molecule has 0 saturated carbocycles. The average Bonchev–Trinajstić information content (AvgIpc) is 3.16. The lowest BCUT2D eigenvalue weighted by atomic mass is 10.0. The van der Waals surface area contributed by atoms with Crippen LogP contribution in [0.15, 0.2) is 66.9 Å². The van der Waals surface area contributed by atoms with Crippen molar-refractivity contribution in [2.24, 2.45) is 0 Å². The van der Waals surface area contributed by atoms with Gasteiger partial charge in [-0.15, -0.1) is 0 Å². The van der Waals surface area contributed by atoms with Crippen LogP contribution >= 0.6 is 23.2 Å². The molecule has 4 aromatic rings. The van der Waals surface area contributed by atoms with Gasteiger partial charge >= 0.3 is 6.03 Å². The number of halogens is 2. The van der Waals surface area contributed by atoms with Crippen LogP contribution in [0.3, 0.4) is 0 Å². The van der Waals surface area contributed by atoms with Crippen molar-refractivity contribution in [1.29, 1.82) is 0 Å². The van der Waals surface area contributed by atoms with Gasteiger partial charge in [0, 0.05) is 54.9 Å². The second-order valence-corrected chi connectivity index (χ2v) is 9.69. The quantitative estimate of drug-likeness (QED) is 0.316. The number of hydrogen-bond donors (Lipinski definition) is 1. The number of aryl methyl sites for hydroxylation is 1. The summed E-state index contributed by atoms with van der Waals surface area (Å²) in [5, 5.41) is 5.36. The first-order valence-corrected chi connectivity index (χ1v) is 12.4. The average molecular weight is 505 g/mol. The molecule has 3 heterocycles. The normalized spacial score (nSPS) is 13.9. The molecule has 0 saturated heterocycles. The first-order chi connectivity index (χ1) is 17.0. The lowest BCUT2D eigenvalue weighted by molar-refractivity contribution is 0.240. The van der Waals surface area contributed by atoms with Crippen molar-refractivity contribution in [2.75, 3.05) is 13.1 Å². The Morgan fingerprint density at radius 3 is 2.74 bits per heavy atom. The lowest BCUT2D eigenvalue weighted by Gasteiger charge is -2.27. The first-order valence-electron chi connectivity index (χ1n) is 11.6. The maximum atomic E-state index is 13.4. The number of fused-ring (bicyclic) bond motifs is 3. The van der Waals surface area contributed by atoms with Crippen molar-refractivity contribution >= 4 is 46.2 Å².